The molecule has 0 unspecified atom stereocenters. The van der Waals surface area contributed by atoms with Gasteiger partial charge in [-0.15, -0.1) is 0 Å². The molecule has 0 atom stereocenters. The Morgan fingerprint density at radius 1 is 1.15 bits per heavy atom. The molecule has 3 nitrogen and oxygen atoms in total. The Hall–Kier alpha value is -1.61. The number of nitrogens with one attached hydrogen (secondary N) is 1. The summed E-state index contributed by atoms with van der Waals surface area (Å²) in [6.45, 7) is 1.79. The average Bonchev–Trinajstić information content (AvgIpc) is 3.00. The van der Waals surface area contributed by atoms with Gasteiger partial charge in [-0.2, -0.15) is 0 Å². The predicted octanol–water partition coefficient (Wildman–Crippen LogP) is 3.54. The monoisotopic (exact) mass is 270 g/mol. The molecule has 3 heteroatoms. The van der Waals surface area contributed by atoms with E-state index in [1.807, 2.05) is 24.4 Å². The largest absolute Gasteiger partial charge is 0.491 e. The predicted molar refractivity (Wildman–Crippen MR) is 82.1 cm³/mol. The van der Waals surface area contributed by atoms with E-state index in [2.05, 4.69) is 22.4 Å². The van der Waals surface area contributed by atoms with Crippen molar-refractivity contribution in [2.24, 2.45) is 0 Å². The molecule has 2 aromatic rings. The molecule has 0 bridgehead atoms. The number of hydrogen-bond acceptors (Lipinski definition) is 3. The standard InChI is InChI=1S/C17H22N2O/c1-2-9-15(8-1)18-12-5-13-20-16-10-3-6-14-7-4-11-19-17(14)16/h3-4,6-7,10-11,15,18H,1-2,5,8-9,12-13H2. The molecule has 0 saturated heterocycles. The Morgan fingerprint density at radius 2 is 2.00 bits per heavy atom. The van der Waals surface area contributed by atoms with E-state index in [0.717, 1.165) is 42.3 Å². The average molecular weight is 270 g/mol. The van der Waals surface area contributed by atoms with E-state index in [0.29, 0.717) is 0 Å². The molecule has 1 aliphatic rings. The van der Waals surface area contributed by atoms with Crippen LogP contribution in [0.2, 0.25) is 0 Å². The fourth-order valence-electron chi connectivity index (χ4n) is 2.88. The maximum Gasteiger partial charge on any atom is 0.145 e. The second-order valence-corrected chi connectivity index (χ2v) is 5.47. The van der Waals surface area contributed by atoms with Gasteiger partial charge in [0.05, 0.1) is 6.61 Å². The van der Waals surface area contributed by atoms with Gasteiger partial charge >= 0.3 is 0 Å². The fourth-order valence-corrected chi connectivity index (χ4v) is 2.88. The summed E-state index contributed by atoms with van der Waals surface area (Å²) < 4.78 is 5.88. The van der Waals surface area contributed by atoms with Gasteiger partial charge in [-0.3, -0.25) is 4.98 Å². The minimum Gasteiger partial charge on any atom is -0.491 e. The van der Waals surface area contributed by atoms with Crippen molar-refractivity contribution in [1.29, 1.82) is 0 Å². The van der Waals surface area contributed by atoms with Crippen molar-refractivity contribution in [1.82, 2.24) is 10.3 Å². The number of benzene rings is 1. The van der Waals surface area contributed by atoms with Crippen molar-refractivity contribution in [2.45, 2.75) is 38.1 Å². The van der Waals surface area contributed by atoms with Crippen LogP contribution in [0.25, 0.3) is 10.9 Å². The van der Waals surface area contributed by atoms with Crippen LogP contribution in [0.4, 0.5) is 0 Å². The molecular formula is C17H22N2O. The number of nitrogens with zero attached hydrogens (tertiary/aromatic N) is 1. The lowest BCUT2D eigenvalue weighted by Gasteiger charge is -2.12. The number of hydrogen-bond donors (Lipinski definition) is 1. The number of rotatable bonds is 6. The van der Waals surface area contributed by atoms with E-state index in [9.17, 15) is 0 Å². The Bertz CT molecular complexity index is 544. The van der Waals surface area contributed by atoms with Crippen molar-refractivity contribution >= 4 is 10.9 Å². The first-order valence-electron chi connectivity index (χ1n) is 7.63. The highest BCUT2D eigenvalue weighted by atomic mass is 16.5. The van der Waals surface area contributed by atoms with Crippen LogP contribution in [0.5, 0.6) is 5.75 Å². The van der Waals surface area contributed by atoms with Crippen LogP contribution < -0.4 is 10.1 Å². The highest BCUT2D eigenvalue weighted by Gasteiger charge is 2.13. The van der Waals surface area contributed by atoms with Crippen LogP contribution in [0.15, 0.2) is 36.5 Å². The zero-order valence-electron chi connectivity index (χ0n) is 11.8. The third-order valence-electron chi connectivity index (χ3n) is 3.96. The molecule has 20 heavy (non-hydrogen) atoms. The zero-order valence-corrected chi connectivity index (χ0v) is 11.8. The minimum atomic E-state index is 0.745. The maximum atomic E-state index is 5.88. The van der Waals surface area contributed by atoms with Crippen LogP contribution in [0.3, 0.4) is 0 Å². The number of para-hydroxylation sites is 1. The molecule has 0 spiro atoms. The first-order chi connectivity index (χ1) is 9.93. The number of ether oxygens (including phenoxy) is 1. The normalized spacial score (nSPS) is 15.8. The summed E-state index contributed by atoms with van der Waals surface area (Å²) in [4.78, 5) is 4.40. The van der Waals surface area contributed by atoms with Crippen LogP contribution in [-0.2, 0) is 0 Å². The lowest BCUT2D eigenvalue weighted by atomic mass is 10.2. The second kappa shape index (κ2) is 6.71. The first kappa shape index (κ1) is 13.4. The fraction of sp³-hybridized carbons (Fsp3) is 0.471. The van der Waals surface area contributed by atoms with Crippen LogP contribution >= 0.6 is 0 Å². The molecule has 0 radical (unpaired) electrons. The third kappa shape index (κ3) is 3.28. The zero-order chi connectivity index (χ0) is 13.6. The highest BCUT2D eigenvalue weighted by molar-refractivity contribution is 5.84. The van der Waals surface area contributed by atoms with Crippen molar-refractivity contribution in [3.63, 3.8) is 0 Å². The Morgan fingerprint density at radius 3 is 2.90 bits per heavy atom. The van der Waals surface area contributed by atoms with Gasteiger partial charge in [-0.1, -0.05) is 31.0 Å². The molecule has 1 saturated carbocycles. The summed E-state index contributed by atoms with van der Waals surface area (Å²) in [6, 6.07) is 10.9. The number of fused-ring (bicyclic) bond motifs is 1. The molecule has 106 valence electrons. The summed E-state index contributed by atoms with van der Waals surface area (Å²) in [6.07, 6.45) is 8.31. The highest BCUT2D eigenvalue weighted by Crippen LogP contribution is 2.23. The third-order valence-corrected chi connectivity index (χ3v) is 3.96. The summed E-state index contributed by atoms with van der Waals surface area (Å²) in [5.74, 6) is 0.893. The van der Waals surface area contributed by atoms with Crippen LogP contribution in [-0.4, -0.2) is 24.2 Å². The maximum absolute atomic E-state index is 5.88. The topological polar surface area (TPSA) is 34.1 Å². The number of aromatic nitrogens is 1. The molecular weight excluding hydrogens is 248 g/mol. The summed E-state index contributed by atoms with van der Waals surface area (Å²) >= 11 is 0. The van der Waals surface area contributed by atoms with E-state index >= 15 is 0 Å². The molecule has 3 rings (SSSR count). The quantitative estimate of drug-likeness (QED) is 0.815. The summed E-state index contributed by atoms with van der Waals surface area (Å²) in [7, 11) is 0. The Kier molecular flexibility index (Phi) is 4.49. The van der Waals surface area contributed by atoms with E-state index in [4.69, 9.17) is 4.74 Å². The second-order valence-electron chi connectivity index (χ2n) is 5.47. The number of pyridine rings is 1. The van der Waals surface area contributed by atoms with Gasteiger partial charge in [0.15, 0.2) is 0 Å². The summed E-state index contributed by atoms with van der Waals surface area (Å²) in [5.41, 5.74) is 0.957. The van der Waals surface area contributed by atoms with Gasteiger partial charge in [0.25, 0.3) is 0 Å². The SMILES string of the molecule is c1cnc2c(OCCCNC3CCCC3)cccc2c1. The molecule has 1 heterocycles. The molecule has 1 fully saturated rings. The van der Waals surface area contributed by atoms with Crippen molar-refractivity contribution in [3.05, 3.63) is 36.5 Å². The summed E-state index contributed by atoms with van der Waals surface area (Å²) in [5, 5.41) is 4.74. The van der Waals surface area contributed by atoms with Gasteiger partial charge < -0.3 is 10.1 Å². The lowest BCUT2D eigenvalue weighted by Crippen LogP contribution is -2.27. The van der Waals surface area contributed by atoms with Crippen molar-refractivity contribution in [2.75, 3.05) is 13.2 Å². The van der Waals surface area contributed by atoms with Crippen molar-refractivity contribution < 1.29 is 4.74 Å². The Balaban J connectivity index is 1.47. The molecule has 0 amide bonds. The van der Waals surface area contributed by atoms with Gasteiger partial charge in [-0.05, 0) is 37.9 Å². The molecule has 0 aliphatic heterocycles. The molecule has 1 aromatic carbocycles. The molecule has 1 aliphatic carbocycles. The van der Waals surface area contributed by atoms with E-state index in [1.54, 1.807) is 0 Å². The first-order valence-corrected chi connectivity index (χ1v) is 7.63. The van der Waals surface area contributed by atoms with Gasteiger partial charge in [-0.25, -0.2) is 0 Å². The van der Waals surface area contributed by atoms with E-state index < -0.39 is 0 Å². The van der Waals surface area contributed by atoms with Gasteiger partial charge in [0, 0.05) is 17.6 Å². The van der Waals surface area contributed by atoms with Crippen LogP contribution in [0, 0.1) is 0 Å². The van der Waals surface area contributed by atoms with E-state index in [-0.39, 0.29) is 0 Å². The van der Waals surface area contributed by atoms with Gasteiger partial charge in [0.1, 0.15) is 11.3 Å². The van der Waals surface area contributed by atoms with Crippen molar-refractivity contribution in [3.8, 4) is 5.75 Å². The molecule has 1 aromatic heterocycles. The Labute approximate surface area is 120 Å². The van der Waals surface area contributed by atoms with Crippen LogP contribution in [0.1, 0.15) is 32.1 Å². The smallest absolute Gasteiger partial charge is 0.145 e. The lowest BCUT2D eigenvalue weighted by molar-refractivity contribution is 0.307. The minimum absolute atomic E-state index is 0.745. The molecule has 1 N–H and O–H groups in total. The van der Waals surface area contributed by atoms with Gasteiger partial charge in [0.2, 0.25) is 0 Å². The van der Waals surface area contributed by atoms with E-state index in [1.165, 1.54) is 25.7 Å².